The zero-order chi connectivity index (χ0) is 22.2. The molecule has 164 valence electrons. The number of rotatable bonds is 12. The lowest BCUT2D eigenvalue weighted by atomic mass is 9.75. The summed E-state index contributed by atoms with van der Waals surface area (Å²) in [7, 11) is 0. The van der Waals surface area contributed by atoms with Crippen LogP contribution >= 0.6 is 0 Å². The SMILES string of the molecule is C=CCc1c2c(cc(C(C)(C)c3cc4c(c(CC=C)c3OCCC)O4)c1OCCC)O2. The highest BCUT2D eigenvalue weighted by Gasteiger charge is 2.41. The van der Waals surface area contributed by atoms with Crippen LogP contribution in [0.4, 0.5) is 0 Å². The molecule has 4 heteroatoms. The molecule has 0 saturated heterocycles. The minimum atomic E-state index is -0.389. The quantitative estimate of drug-likeness (QED) is 0.179. The molecule has 0 N–H and O–H groups in total. The summed E-state index contributed by atoms with van der Waals surface area (Å²) < 4.78 is 24.3. The maximum absolute atomic E-state index is 6.32. The molecule has 2 heterocycles. The fourth-order valence-corrected chi connectivity index (χ4v) is 4.18. The van der Waals surface area contributed by atoms with Gasteiger partial charge in [0, 0.05) is 27.7 Å². The molecular formula is C27H32O4. The summed E-state index contributed by atoms with van der Waals surface area (Å²) >= 11 is 0. The van der Waals surface area contributed by atoms with Gasteiger partial charge < -0.3 is 18.9 Å². The predicted molar refractivity (Wildman–Crippen MR) is 125 cm³/mol. The number of ether oxygens (including phenoxy) is 4. The normalized spacial score (nSPS) is 12.8. The standard InChI is InChI=1S/C27H32O4/c1-7-11-17-23(28-13-9-3)19(15-21-25(17)30-21)27(5,6)20-16-22-26(31-22)18(12-8-2)24(20)29-14-10-4/h7-8,15-16H,1-2,9-14H2,3-6H3. The largest absolute Gasteiger partial charge is 0.493 e. The van der Waals surface area contributed by atoms with Crippen molar-refractivity contribution in [3.05, 3.63) is 59.7 Å². The van der Waals surface area contributed by atoms with Crippen LogP contribution in [0.5, 0.6) is 34.5 Å². The van der Waals surface area contributed by atoms with Gasteiger partial charge in [-0.15, -0.1) is 13.2 Å². The molecule has 0 aliphatic carbocycles. The first-order valence-electron chi connectivity index (χ1n) is 11.2. The van der Waals surface area contributed by atoms with Crippen molar-refractivity contribution in [2.75, 3.05) is 13.2 Å². The molecule has 0 radical (unpaired) electrons. The Balaban J connectivity index is 1.88. The minimum Gasteiger partial charge on any atom is -0.493 e. The van der Waals surface area contributed by atoms with E-state index in [-0.39, 0.29) is 5.41 Å². The van der Waals surface area contributed by atoms with Crippen LogP contribution in [-0.4, -0.2) is 13.2 Å². The third-order valence-electron chi connectivity index (χ3n) is 5.87. The molecule has 0 saturated carbocycles. The van der Waals surface area contributed by atoms with Gasteiger partial charge in [-0.05, 0) is 37.8 Å². The van der Waals surface area contributed by atoms with Crippen molar-refractivity contribution < 1.29 is 18.9 Å². The van der Waals surface area contributed by atoms with Crippen LogP contribution in [0.2, 0.25) is 0 Å². The summed E-state index contributed by atoms with van der Waals surface area (Å²) in [6.07, 6.45) is 7.09. The van der Waals surface area contributed by atoms with Crippen molar-refractivity contribution in [1.29, 1.82) is 0 Å². The van der Waals surface area contributed by atoms with E-state index in [9.17, 15) is 0 Å². The summed E-state index contributed by atoms with van der Waals surface area (Å²) in [4.78, 5) is 0. The maximum atomic E-state index is 6.32. The van der Waals surface area contributed by atoms with Crippen LogP contribution in [0.15, 0.2) is 37.4 Å². The van der Waals surface area contributed by atoms with Crippen molar-refractivity contribution in [3.63, 3.8) is 0 Å². The highest BCUT2D eigenvalue weighted by molar-refractivity contribution is 5.73. The second-order valence-corrected chi connectivity index (χ2v) is 8.63. The number of fused-ring (bicyclic) bond motifs is 2. The van der Waals surface area contributed by atoms with Crippen LogP contribution < -0.4 is 18.9 Å². The Bertz CT molecular complexity index is 951. The zero-order valence-electron chi connectivity index (χ0n) is 19.1. The Morgan fingerprint density at radius 2 is 1.23 bits per heavy atom. The Morgan fingerprint density at radius 3 is 1.58 bits per heavy atom. The lowest BCUT2D eigenvalue weighted by Gasteiger charge is -2.30. The minimum absolute atomic E-state index is 0.389. The molecule has 2 aromatic rings. The van der Waals surface area contributed by atoms with E-state index in [1.54, 1.807) is 0 Å². The lowest BCUT2D eigenvalue weighted by Crippen LogP contribution is -2.22. The van der Waals surface area contributed by atoms with E-state index < -0.39 is 0 Å². The van der Waals surface area contributed by atoms with Gasteiger partial charge >= 0.3 is 0 Å². The van der Waals surface area contributed by atoms with E-state index in [2.05, 4.69) is 53.0 Å². The Kier molecular flexibility index (Phi) is 5.74. The van der Waals surface area contributed by atoms with Gasteiger partial charge in [-0.2, -0.15) is 0 Å². The molecule has 0 spiro atoms. The van der Waals surface area contributed by atoms with Crippen LogP contribution in [0, 0.1) is 0 Å². The molecule has 2 aromatic carbocycles. The number of allylic oxidation sites excluding steroid dienone is 2. The third kappa shape index (κ3) is 3.80. The third-order valence-corrected chi connectivity index (χ3v) is 5.87. The molecule has 0 amide bonds. The van der Waals surface area contributed by atoms with Crippen molar-refractivity contribution >= 4 is 0 Å². The molecule has 0 fully saturated rings. The van der Waals surface area contributed by atoms with Crippen molar-refractivity contribution in [1.82, 2.24) is 0 Å². The first-order valence-corrected chi connectivity index (χ1v) is 11.2. The van der Waals surface area contributed by atoms with Crippen molar-refractivity contribution in [3.8, 4) is 34.5 Å². The van der Waals surface area contributed by atoms with E-state index in [0.29, 0.717) is 26.1 Å². The molecule has 0 bridgehead atoms. The first kappa shape index (κ1) is 21.4. The summed E-state index contributed by atoms with van der Waals surface area (Å²) in [5, 5.41) is 0. The number of hydrogen-bond donors (Lipinski definition) is 0. The van der Waals surface area contributed by atoms with Gasteiger partial charge in [0.25, 0.3) is 0 Å². The van der Waals surface area contributed by atoms with Gasteiger partial charge in [-0.1, -0.05) is 39.8 Å². The average Bonchev–Trinajstić information content (AvgIpc) is 3.66. The van der Waals surface area contributed by atoms with E-state index in [0.717, 1.165) is 69.6 Å². The van der Waals surface area contributed by atoms with Gasteiger partial charge in [-0.25, -0.2) is 0 Å². The smallest absolute Gasteiger partial charge is 0.177 e. The lowest BCUT2D eigenvalue weighted by molar-refractivity contribution is 0.300. The van der Waals surface area contributed by atoms with E-state index >= 15 is 0 Å². The fourth-order valence-electron chi connectivity index (χ4n) is 4.18. The maximum Gasteiger partial charge on any atom is 0.177 e. The van der Waals surface area contributed by atoms with Crippen LogP contribution in [0.1, 0.15) is 62.8 Å². The van der Waals surface area contributed by atoms with Gasteiger partial charge in [0.15, 0.2) is 23.0 Å². The van der Waals surface area contributed by atoms with Crippen LogP contribution in [0.3, 0.4) is 0 Å². The van der Waals surface area contributed by atoms with Crippen molar-refractivity contribution in [2.24, 2.45) is 0 Å². The molecule has 0 unspecified atom stereocenters. The van der Waals surface area contributed by atoms with E-state index in [1.165, 1.54) is 0 Å². The molecule has 2 aliphatic rings. The second-order valence-electron chi connectivity index (χ2n) is 8.63. The summed E-state index contributed by atoms with van der Waals surface area (Å²) in [5.74, 6) is 5.53. The van der Waals surface area contributed by atoms with Gasteiger partial charge in [-0.3, -0.25) is 0 Å². The molecule has 2 aliphatic heterocycles. The average molecular weight is 421 g/mol. The van der Waals surface area contributed by atoms with Gasteiger partial charge in [0.05, 0.1) is 13.2 Å². The molecule has 0 aromatic heterocycles. The predicted octanol–water partition coefficient (Wildman–Crippen LogP) is 7.26. The second kappa shape index (κ2) is 8.33. The molecule has 0 atom stereocenters. The molecule has 31 heavy (non-hydrogen) atoms. The summed E-state index contributed by atoms with van der Waals surface area (Å²) in [6.45, 7) is 17.8. The monoisotopic (exact) mass is 420 g/mol. The molecular weight excluding hydrogens is 388 g/mol. The first-order chi connectivity index (χ1) is 15.0. The fraction of sp³-hybridized carbons (Fsp3) is 0.407. The summed E-state index contributed by atoms with van der Waals surface area (Å²) in [5.41, 5.74) is 3.96. The zero-order valence-corrected chi connectivity index (χ0v) is 19.1. The Labute approximate surface area is 185 Å². The highest BCUT2D eigenvalue weighted by Crippen LogP contribution is 2.60. The number of benzene rings is 2. The van der Waals surface area contributed by atoms with Crippen molar-refractivity contribution in [2.45, 2.75) is 58.8 Å². The highest BCUT2D eigenvalue weighted by atomic mass is 16.6. The Morgan fingerprint density at radius 1 is 0.806 bits per heavy atom. The van der Waals surface area contributed by atoms with Gasteiger partial charge in [0.1, 0.15) is 11.5 Å². The molecule has 4 rings (SSSR count). The van der Waals surface area contributed by atoms with E-state index in [4.69, 9.17) is 18.9 Å². The van der Waals surface area contributed by atoms with Gasteiger partial charge in [0.2, 0.25) is 0 Å². The summed E-state index contributed by atoms with van der Waals surface area (Å²) in [6, 6.07) is 4.24. The van der Waals surface area contributed by atoms with Crippen LogP contribution in [0.25, 0.3) is 0 Å². The molecule has 4 nitrogen and oxygen atoms in total. The number of hydrogen-bond acceptors (Lipinski definition) is 4. The van der Waals surface area contributed by atoms with E-state index in [1.807, 2.05) is 12.2 Å². The van der Waals surface area contributed by atoms with Crippen LogP contribution in [-0.2, 0) is 18.3 Å². The topological polar surface area (TPSA) is 43.5 Å². The Hall–Kier alpha value is -2.88.